The Hall–Kier alpha value is -3.49. The minimum Gasteiger partial charge on any atom is -0.384 e. The number of hydrogen-bond acceptors (Lipinski definition) is 6. The molecule has 0 unspecified atom stereocenters. The van der Waals surface area contributed by atoms with Crippen LogP contribution in [0.25, 0.3) is 0 Å². The van der Waals surface area contributed by atoms with Crippen molar-refractivity contribution in [1.29, 1.82) is 0 Å². The second kappa shape index (κ2) is 7.64. The summed E-state index contributed by atoms with van der Waals surface area (Å²) in [4.78, 5) is 33.6. The van der Waals surface area contributed by atoms with Crippen LogP contribution in [0.15, 0.2) is 36.4 Å². The highest BCUT2D eigenvalue weighted by molar-refractivity contribution is 5.95. The molecule has 1 amide bonds. The van der Waals surface area contributed by atoms with Gasteiger partial charge in [0.25, 0.3) is 11.4 Å². The average Bonchev–Trinajstić information content (AvgIpc) is 3.15. The minimum atomic E-state index is -0.441. The van der Waals surface area contributed by atoms with E-state index in [1.54, 1.807) is 23.1 Å². The first-order valence-corrected chi connectivity index (χ1v) is 9.93. The summed E-state index contributed by atoms with van der Waals surface area (Å²) >= 11 is 0. The highest BCUT2D eigenvalue weighted by atomic mass is 16.6. The molecular weight excluding hydrogens is 400 g/mol. The van der Waals surface area contributed by atoms with Gasteiger partial charge in [-0.15, -0.1) is 0 Å². The van der Waals surface area contributed by atoms with Crippen LogP contribution in [0.5, 0.6) is 0 Å². The second-order valence-electron chi connectivity index (χ2n) is 9.17. The standard InChI is InChI=1S/C12H14N2O3.C10H12N2O2/c1-8(15)13-7-12(2,3)10-5-4-9(14(16)17)6-11(10)13;1-10(2)6-11-9-5-7(12(13)14)3-4-8(9)10/h4-6H,7H2,1-3H3;3-5,11H,6H2,1-2H3. The highest BCUT2D eigenvalue weighted by Gasteiger charge is 2.37. The number of benzene rings is 2. The molecule has 31 heavy (non-hydrogen) atoms. The van der Waals surface area contributed by atoms with Crippen molar-refractivity contribution in [2.75, 3.05) is 23.3 Å². The van der Waals surface area contributed by atoms with Crippen molar-refractivity contribution in [3.8, 4) is 0 Å². The van der Waals surface area contributed by atoms with E-state index in [2.05, 4.69) is 19.2 Å². The molecule has 0 saturated heterocycles. The Balaban J connectivity index is 0.000000179. The van der Waals surface area contributed by atoms with Gasteiger partial charge in [-0.2, -0.15) is 0 Å². The molecule has 4 rings (SSSR count). The Labute approximate surface area is 180 Å². The van der Waals surface area contributed by atoms with E-state index in [0.29, 0.717) is 12.2 Å². The molecule has 9 nitrogen and oxygen atoms in total. The Morgan fingerprint density at radius 1 is 0.935 bits per heavy atom. The number of carbonyl (C=O) groups is 1. The number of anilines is 2. The third-order valence-electron chi connectivity index (χ3n) is 5.81. The van der Waals surface area contributed by atoms with Crippen LogP contribution < -0.4 is 10.2 Å². The zero-order valence-corrected chi connectivity index (χ0v) is 18.3. The molecule has 9 heteroatoms. The van der Waals surface area contributed by atoms with Crippen LogP contribution in [0, 0.1) is 20.2 Å². The van der Waals surface area contributed by atoms with Crippen molar-refractivity contribution in [1.82, 2.24) is 0 Å². The summed E-state index contributed by atoms with van der Waals surface area (Å²) in [6.45, 7) is 11.2. The third-order valence-corrected chi connectivity index (χ3v) is 5.81. The zero-order valence-electron chi connectivity index (χ0n) is 18.3. The quantitative estimate of drug-likeness (QED) is 0.556. The second-order valence-corrected chi connectivity index (χ2v) is 9.17. The summed E-state index contributed by atoms with van der Waals surface area (Å²) in [6.07, 6.45) is 0. The van der Waals surface area contributed by atoms with Crippen LogP contribution in [0.1, 0.15) is 45.7 Å². The molecule has 2 aromatic carbocycles. The summed E-state index contributed by atoms with van der Waals surface area (Å²) in [5.74, 6) is -0.0858. The number of nitrogens with zero attached hydrogens (tertiary/aromatic N) is 3. The van der Waals surface area contributed by atoms with Gasteiger partial charge in [-0.05, 0) is 23.3 Å². The smallest absolute Gasteiger partial charge is 0.271 e. The van der Waals surface area contributed by atoms with Crippen molar-refractivity contribution in [2.24, 2.45) is 0 Å². The Morgan fingerprint density at radius 3 is 2.03 bits per heavy atom. The third kappa shape index (κ3) is 4.21. The normalized spacial score (nSPS) is 17.0. The summed E-state index contributed by atoms with van der Waals surface area (Å²) in [7, 11) is 0. The first-order valence-electron chi connectivity index (χ1n) is 9.93. The van der Waals surface area contributed by atoms with Gasteiger partial charge in [0, 0.05) is 60.8 Å². The van der Waals surface area contributed by atoms with Crippen molar-refractivity contribution in [2.45, 2.75) is 45.4 Å². The molecule has 0 atom stereocenters. The molecule has 0 aromatic heterocycles. The van der Waals surface area contributed by atoms with Gasteiger partial charge in [0.2, 0.25) is 5.91 Å². The van der Waals surface area contributed by atoms with Gasteiger partial charge in [0.15, 0.2) is 0 Å². The maximum atomic E-state index is 11.5. The van der Waals surface area contributed by atoms with E-state index in [4.69, 9.17) is 0 Å². The minimum absolute atomic E-state index is 0.0210. The number of amides is 1. The number of carbonyl (C=O) groups excluding carboxylic acids is 1. The number of non-ortho nitro benzene ring substituents is 2. The predicted octanol–water partition coefficient (Wildman–Crippen LogP) is 4.54. The molecule has 0 bridgehead atoms. The van der Waals surface area contributed by atoms with Crippen LogP contribution >= 0.6 is 0 Å². The number of nitrogens with one attached hydrogen (secondary N) is 1. The largest absolute Gasteiger partial charge is 0.384 e. The summed E-state index contributed by atoms with van der Waals surface area (Å²) in [6, 6.07) is 9.72. The number of hydrogen-bond donors (Lipinski definition) is 1. The number of nitro benzene ring substituents is 2. The number of rotatable bonds is 2. The molecule has 2 heterocycles. The first-order chi connectivity index (χ1) is 14.3. The van der Waals surface area contributed by atoms with Gasteiger partial charge in [-0.25, -0.2) is 0 Å². The predicted molar refractivity (Wildman–Crippen MR) is 119 cm³/mol. The topological polar surface area (TPSA) is 119 Å². The summed E-state index contributed by atoms with van der Waals surface area (Å²) in [5.41, 5.74) is 3.78. The van der Waals surface area contributed by atoms with Crippen LogP contribution in [-0.2, 0) is 15.6 Å². The monoisotopic (exact) mass is 426 g/mol. The molecule has 0 radical (unpaired) electrons. The zero-order chi connectivity index (χ0) is 23.1. The van der Waals surface area contributed by atoms with Crippen molar-refractivity contribution >= 4 is 28.7 Å². The summed E-state index contributed by atoms with van der Waals surface area (Å²) < 4.78 is 0. The van der Waals surface area contributed by atoms with Crippen LogP contribution in [0.3, 0.4) is 0 Å². The van der Waals surface area contributed by atoms with Crippen LogP contribution in [0.4, 0.5) is 22.7 Å². The Morgan fingerprint density at radius 2 is 1.48 bits per heavy atom. The number of fused-ring (bicyclic) bond motifs is 2. The van der Waals surface area contributed by atoms with E-state index >= 15 is 0 Å². The molecule has 2 aliphatic rings. The lowest BCUT2D eigenvalue weighted by molar-refractivity contribution is -0.385. The van der Waals surface area contributed by atoms with E-state index in [1.165, 1.54) is 19.1 Å². The van der Waals surface area contributed by atoms with E-state index < -0.39 is 4.92 Å². The molecule has 164 valence electrons. The molecule has 2 aromatic rings. The van der Waals surface area contributed by atoms with E-state index in [1.807, 2.05) is 19.9 Å². The fraction of sp³-hybridized carbons (Fsp3) is 0.409. The van der Waals surface area contributed by atoms with E-state index in [0.717, 1.165) is 23.4 Å². The van der Waals surface area contributed by atoms with Gasteiger partial charge < -0.3 is 10.2 Å². The molecule has 0 fully saturated rings. The molecule has 0 spiro atoms. The van der Waals surface area contributed by atoms with Crippen LogP contribution in [-0.4, -0.2) is 28.8 Å². The average molecular weight is 426 g/mol. The lowest BCUT2D eigenvalue weighted by atomic mass is 9.87. The molecule has 0 saturated carbocycles. The molecule has 1 N–H and O–H groups in total. The maximum Gasteiger partial charge on any atom is 0.271 e. The van der Waals surface area contributed by atoms with Crippen molar-refractivity contribution < 1.29 is 14.6 Å². The van der Waals surface area contributed by atoms with Gasteiger partial charge in [-0.1, -0.05) is 27.7 Å². The number of nitro groups is 2. The molecule has 0 aliphatic carbocycles. The Bertz CT molecular complexity index is 1080. The van der Waals surface area contributed by atoms with Gasteiger partial charge in [0.05, 0.1) is 15.5 Å². The molecular formula is C22H26N4O5. The lowest BCUT2D eigenvalue weighted by Gasteiger charge is -2.19. The van der Waals surface area contributed by atoms with Crippen molar-refractivity contribution in [3.05, 3.63) is 67.8 Å². The fourth-order valence-corrected chi connectivity index (χ4v) is 4.07. The lowest BCUT2D eigenvalue weighted by Crippen LogP contribution is -2.31. The van der Waals surface area contributed by atoms with Gasteiger partial charge in [0.1, 0.15) is 0 Å². The molecule has 2 aliphatic heterocycles. The van der Waals surface area contributed by atoms with E-state index in [-0.39, 0.29) is 33.0 Å². The highest BCUT2D eigenvalue weighted by Crippen LogP contribution is 2.42. The SMILES string of the molecule is CC(=O)N1CC(C)(C)c2ccc([N+](=O)[O-])cc21.CC1(C)CNc2cc([N+](=O)[O-])ccc21. The first kappa shape index (κ1) is 22.2. The fourth-order valence-electron chi connectivity index (χ4n) is 4.07. The van der Waals surface area contributed by atoms with E-state index in [9.17, 15) is 25.0 Å². The maximum absolute atomic E-state index is 11.5. The van der Waals surface area contributed by atoms with Gasteiger partial charge in [-0.3, -0.25) is 25.0 Å². The van der Waals surface area contributed by atoms with Gasteiger partial charge >= 0.3 is 0 Å². The summed E-state index contributed by atoms with van der Waals surface area (Å²) in [5, 5.41) is 24.5. The Kier molecular flexibility index (Phi) is 5.47. The van der Waals surface area contributed by atoms with Crippen molar-refractivity contribution in [3.63, 3.8) is 0 Å². The van der Waals surface area contributed by atoms with Crippen LogP contribution in [0.2, 0.25) is 0 Å².